The predicted octanol–water partition coefficient (Wildman–Crippen LogP) is 3.92. The molecular weight excluding hydrogens is 318 g/mol. The summed E-state index contributed by atoms with van der Waals surface area (Å²) in [4.78, 5) is 7.77. The largest absolute Gasteiger partial charge is 0.384 e. The number of aromatic nitrogens is 2. The van der Waals surface area contributed by atoms with Gasteiger partial charge in [-0.15, -0.1) is 0 Å². The molecule has 1 aromatic heterocycles. The standard InChI is InChI=1S/C10H6Cl4N4/c11-3-1-4(12)8(13)9(14)7(3)5-2-6(15)18-10(16)17-5/h1-2H,(H4,15,16,17,18). The number of benzene rings is 1. The number of halogens is 4. The second-order valence-corrected chi connectivity index (χ2v) is 4.95. The van der Waals surface area contributed by atoms with Crippen LogP contribution >= 0.6 is 46.4 Å². The highest BCUT2D eigenvalue weighted by Crippen LogP contribution is 2.42. The van der Waals surface area contributed by atoms with Crippen LogP contribution in [-0.4, -0.2) is 9.97 Å². The molecule has 0 radical (unpaired) electrons. The molecule has 0 spiro atoms. The molecule has 0 saturated heterocycles. The summed E-state index contributed by atoms with van der Waals surface area (Å²) in [6.45, 7) is 0. The highest BCUT2D eigenvalue weighted by molar-refractivity contribution is 6.51. The van der Waals surface area contributed by atoms with Crippen LogP contribution in [0.3, 0.4) is 0 Å². The molecule has 0 aliphatic heterocycles. The third kappa shape index (κ3) is 2.42. The molecule has 0 atom stereocenters. The lowest BCUT2D eigenvalue weighted by molar-refractivity contribution is 1.20. The van der Waals surface area contributed by atoms with E-state index in [4.69, 9.17) is 57.9 Å². The molecule has 0 fully saturated rings. The number of anilines is 2. The molecule has 0 bridgehead atoms. The fourth-order valence-electron chi connectivity index (χ4n) is 1.41. The number of nitrogens with zero attached hydrogens (tertiary/aromatic N) is 2. The Morgan fingerprint density at radius 3 is 2.11 bits per heavy atom. The van der Waals surface area contributed by atoms with E-state index in [0.29, 0.717) is 16.3 Å². The number of nitrogen functional groups attached to an aromatic ring is 2. The zero-order valence-electron chi connectivity index (χ0n) is 8.72. The second kappa shape index (κ2) is 4.97. The maximum atomic E-state index is 6.10. The van der Waals surface area contributed by atoms with Gasteiger partial charge in [0.15, 0.2) is 0 Å². The van der Waals surface area contributed by atoms with E-state index < -0.39 is 0 Å². The Kier molecular flexibility index (Phi) is 3.73. The number of rotatable bonds is 1. The molecule has 0 amide bonds. The molecule has 8 heteroatoms. The van der Waals surface area contributed by atoms with Crippen molar-refractivity contribution < 1.29 is 0 Å². The molecule has 94 valence electrons. The quantitative estimate of drug-likeness (QED) is 0.616. The fraction of sp³-hybridized carbons (Fsp3) is 0. The van der Waals surface area contributed by atoms with Crippen molar-refractivity contribution in [1.29, 1.82) is 0 Å². The summed E-state index contributed by atoms with van der Waals surface area (Å²) >= 11 is 24.0. The van der Waals surface area contributed by atoms with Gasteiger partial charge < -0.3 is 11.5 Å². The molecule has 0 saturated carbocycles. The molecule has 1 aromatic carbocycles. The van der Waals surface area contributed by atoms with Gasteiger partial charge in [-0.1, -0.05) is 46.4 Å². The van der Waals surface area contributed by atoms with Crippen molar-refractivity contribution in [1.82, 2.24) is 9.97 Å². The van der Waals surface area contributed by atoms with E-state index in [0.717, 1.165) is 0 Å². The summed E-state index contributed by atoms with van der Waals surface area (Å²) < 4.78 is 0. The first-order valence-corrected chi connectivity index (χ1v) is 6.14. The highest BCUT2D eigenvalue weighted by atomic mass is 35.5. The Bertz CT molecular complexity index is 610. The Labute approximate surface area is 123 Å². The molecule has 0 aliphatic rings. The first-order valence-electron chi connectivity index (χ1n) is 4.63. The van der Waals surface area contributed by atoms with Crippen LogP contribution < -0.4 is 11.5 Å². The molecule has 4 N–H and O–H groups in total. The molecule has 1 heterocycles. The first kappa shape index (κ1) is 13.5. The molecule has 0 unspecified atom stereocenters. The topological polar surface area (TPSA) is 77.8 Å². The SMILES string of the molecule is Nc1cc(-c2c(Cl)cc(Cl)c(Cl)c2Cl)nc(N)n1. The molecule has 2 rings (SSSR count). The Morgan fingerprint density at radius 1 is 0.833 bits per heavy atom. The second-order valence-electron chi connectivity index (χ2n) is 3.38. The average molecular weight is 324 g/mol. The molecule has 4 nitrogen and oxygen atoms in total. The van der Waals surface area contributed by atoms with Crippen molar-refractivity contribution >= 4 is 58.2 Å². The van der Waals surface area contributed by atoms with Crippen LogP contribution in [0, 0.1) is 0 Å². The van der Waals surface area contributed by atoms with Gasteiger partial charge in [0.1, 0.15) is 5.82 Å². The Hall–Kier alpha value is -0.940. The van der Waals surface area contributed by atoms with E-state index in [1.54, 1.807) is 0 Å². The summed E-state index contributed by atoms with van der Waals surface area (Å²) in [5.41, 5.74) is 11.9. The Balaban J connectivity index is 2.75. The van der Waals surface area contributed by atoms with Crippen molar-refractivity contribution in [2.75, 3.05) is 11.5 Å². The van der Waals surface area contributed by atoms with Crippen LogP contribution in [0.15, 0.2) is 12.1 Å². The van der Waals surface area contributed by atoms with Crippen molar-refractivity contribution in [2.45, 2.75) is 0 Å². The highest BCUT2D eigenvalue weighted by Gasteiger charge is 2.17. The lowest BCUT2D eigenvalue weighted by Gasteiger charge is -2.10. The van der Waals surface area contributed by atoms with E-state index in [1.165, 1.54) is 12.1 Å². The van der Waals surface area contributed by atoms with Crippen LogP contribution in [0.4, 0.5) is 11.8 Å². The van der Waals surface area contributed by atoms with Gasteiger partial charge in [-0.3, -0.25) is 0 Å². The fourth-order valence-corrected chi connectivity index (χ4v) is 2.52. The third-order valence-electron chi connectivity index (χ3n) is 2.13. The monoisotopic (exact) mass is 322 g/mol. The van der Waals surface area contributed by atoms with Gasteiger partial charge in [-0.05, 0) is 6.07 Å². The van der Waals surface area contributed by atoms with Crippen molar-refractivity contribution in [3.63, 3.8) is 0 Å². The van der Waals surface area contributed by atoms with E-state index >= 15 is 0 Å². The van der Waals surface area contributed by atoms with Crippen molar-refractivity contribution in [3.8, 4) is 11.3 Å². The zero-order valence-corrected chi connectivity index (χ0v) is 11.7. The van der Waals surface area contributed by atoms with E-state index in [-0.39, 0.29) is 26.8 Å². The van der Waals surface area contributed by atoms with Gasteiger partial charge in [-0.2, -0.15) is 4.98 Å². The number of hydrogen-bond acceptors (Lipinski definition) is 4. The van der Waals surface area contributed by atoms with E-state index in [9.17, 15) is 0 Å². The van der Waals surface area contributed by atoms with Gasteiger partial charge in [0.2, 0.25) is 5.95 Å². The van der Waals surface area contributed by atoms with Crippen LogP contribution in [0.5, 0.6) is 0 Å². The zero-order chi connectivity index (χ0) is 13.4. The average Bonchev–Trinajstić information content (AvgIpc) is 2.24. The summed E-state index contributed by atoms with van der Waals surface area (Å²) in [6, 6.07) is 2.97. The smallest absolute Gasteiger partial charge is 0.222 e. The summed E-state index contributed by atoms with van der Waals surface area (Å²) in [7, 11) is 0. The van der Waals surface area contributed by atoms with Crippen LogP contribution in [0.25, 0.3) is 11.3 Å². The van der Waals surface area contributed by atoms with Gasteiger partial charge in [0.05, 0.1) is 25.8 Å². The summed E-state index contributed by atoms with van der Waals surface area (Å²) in [6.07, 6.45) is 0. The number of hydrogen-bond donors (Lipinski definition) is 2. The van der Waals surface area contributed by atoms with Crippen LogP contribution in [0.2, 0.25) is 20.1 Å². The van der Waals surface area contributed by atoms with Crippen LogP contribution in [0.1, 0.15) is 0 Å². The predicted molar refractivity (Wildman–Crippen MR) is 76.3 cm³/mol. The molecule has 2 aromatic rings. The lowest BCUT2D eigenvalue weighted by Crippen LogP contribution is -2.01. The minimum absolute atomic E-state index is 0.0169. The van der Waals surface area contributed by atoms with Gasteiger partial charge in [0.25, 0.3) is 0 Å². The van der Waals surface area contributed by atoms with Crippen molar-refractivity contribution in [2.24, 2.45) is 0 Å². The maximum absolute atomic E-state index is 6.10. The minimum Gasteiger partial charge on any atom is -0.384 e. The lowest BCUT2D eigenvalue weighted by atomic mass is 10.1. The summed E-state index contributed by atoms with van der Waals surface area (Å²) in [5.74, 6) is 0.221. The van der Waals surface area contributed by atoms with Crippen molar-refractivity contribution in [3.05, 3.63) is 32.2 Å². The molecule has 18 heavy (non-hydrogen) atoms. The van der Waals surface area contributed by atoms with Gasteiger partial charge in [-0.25, -0.2) is 4.98 Å². The normalized spacial score (nSPS) is 10.7. The first-order chi connectivity index (χ1) is 8.40. The van der Waals surface area contributed by atoms with E-state index in [2.05, 4.69) is 9.97 Å². The number of nitrogens with two attached hydrogens (primary N) is 2. The van der Waals surface area contributed by atoms with Gasteiger partial charge >= 0.3 is 0 Å². The van der Waals surface area contributed by atoms with Crippen LogP contribution in [-0.2, 0) is 0 Å². The van der Waals surface area contributed by atoms with Gasteiger partial charge in [0, 0.05) is 11.6 Å². The summed E-state index contributed by atoms with van der Waals surface area (Å²) in [5, 5.41) is 0.928. The maximum Gasteiger partial charge on any atom is 0.222 e. The minimum atomic E-state index is 0.0169. The third-order valence-corrected chi connectivity index (χ3v) is 3.69. The van der Waals surface area contributed by atoms with E-state index in [1.807, 2.05) is 0 Å². The molecule has 0 aliphatic carbocycles. The molecular formula is C10H6Cl4N4. The Morgan fingerprint density at radius 2 is 1.50 bits per heavy atom.